The fourth-order valence-corrected chi connectivity index (χ4v) is 2.81. The van der Waals surface area contributed by atoms with Crippen LogP contribution in [0, 0.1) is 6.92 Å². The molecule has 2 aromatic carbocycles. The monoisotopic (exact) mass is 394 g/mol. The molecule has 0 saturated carbocycles. The van der Waals surface area contributed by atoms with Crippen LogP contribution >= 0.6 is 0 Å². The van der Waals surface area contributed by atoms with Gasteiger partial charge in [0.2, 0.25) is 0 Å². The molecule has 7 heteroatoms. The van der Waals surface area contributed by atoms with Crippen LogP contribution in [0.5, 0.6) is 0 Å². The third-order valence-corrected chi connectivity index (χ3v) is 4.36. The smallest absolute Gasteiger partial charge is 0.321 e. The Morgan fingerprint density at radius 1 is 1.10 bits per heavy atom. The molecule has 0 aliphatic heterocycles. The lowest BCUT2D eigenvalue weighted by atomic mass is 10.1. The number of benzene rings is 2. The predicted octanol–water partition coefficient (Wildman–Crippen LogP) is 3.24. The van der Waals surface area contributed by atoms with Crippen molar-refractivity contribution in [2.75, 3.05) is 0 Å². The number of ether oxygens (including phenoxy) is 1. The Labute approximate surface area is 168 Å². The molecule has 1 heterocycles. The summed E-state index contributed by atoms with van der Waals surface area (Å²) in [6.45, 7) is 3.64. The molecule has 7 nitrogen and oxygen atoms in total. The fourth-order valence-electron chi connectivity index (χ4n) is 2.81. The molecule has 1 aromatic heterocycles. The molecule has 0 bridgehead atoms. The van der Waals surface area contributed by atoms with Crippen LogP contribution in [-0.2, 0) is 27.3 Å². The lowest BCUT2D eigenvalue weighted by Crippen LogP contribution is -2.44. The third-order valence-electron chi connectivity index (χ3n) is 4.36. The van der Waals surface area contributed by atoms with Gasteiger partial charge in [-0.3, -0.25) is 14.9 Å². The Morgan fingerprint density at radius 3 is 2.62 bits per heavy atom. The average Bonchev–Trinajstić information content (AvgIpc) is 3.08. The normalized spacial score (nSPS) is 11.7. The summed E-state index contributed by atoms with van der Waals surface area (Å²) in [6, 6.07) is 14.3. The molecular formula is C22H22N2O5. The highest BCUT2D eigenvalue weighted by molar-refractivity contribution is 5.97. The molecule has 0 unspecified atom stereocenters. The number of rotatable bonds is 6. The SMILES string of the molecule is Cc1ccc2c(CC(=O)O[C@H](C)C(=O)NC(=O)NCc3ccccc3)coc2c1. The van der Waals surface area contributed by atoms with Crippen molar-refractivity contribution in [1.82, 2.24) is 10.6 Å². The molecule has 0 aliphatic rings. The highest BCUT2D eigenvalue weighted by atomic mass is 16.5. The zero-order chi connectivity index (χ0) is 20.8. The van der Waals surface area contributed by atoms with E-state index in [1.165, 1.54) is 13.2 Å². The van der Waals surface area contributed by atoms with Crippen LogP contribution in [0.1, 0.15) is 23.6 Å². The van der Waals surface area contributed by atoms with Gasteiger partial charge in [-0.1, -0.05) is 42.5 Å². The minimum Gasteiger partial charge on any atom is -0.464 e. The second-order valence-electron chi connectivity index (χ2n) is 6.73. The summed E-state index contributed by atoms with van der Waals surface area (Å²) in [4.78, 5) is 36.1. The number of aryl methyl sites for hydroxylation is 1. The number of imide groups is 1. The Hall–Kier alpha value is -3.61. The van der Waals surface area contributed by atoms with E-state index in [2.05, 4.69) is 10.6 Å². The van der Waals surface area contributed by atoms with Gasteiger partial charge in [-0.25, -0.2) is 4.79 Å². The quantitative estimate of drug-likeness (QED) is 0.626. The first kappa shape index (κ1) is 20.1. The first-order chi connectivity index (χ1) is 13.9. The highest BCUT2D eigenvalue weighted by Crippen LogP contribution is 2.23. The van der Waals surface area contributed by atoms with Gasteiger partial charge in [-0.05, 0) is 31.0 Å². The average molecular weight is 394 g/mol. The van der Waals surface area contributed by atoms with Gasteiger partial charge < -0.3 is 14.5 Å². The summed E-state index contributed by atoms with van der Waals surface area (Å²) < 4.78 is 10.6. The summed E-state index contributed by atoms with van der Waals surface area (Å²) in [5.74, 6) is -1.28. The van der Waals surface area contributed by atoms with E-state index in [1.807, 2.05) is 55.5 Å². The van der Waals surface area contributed by atoms with Crippen LogP contribution in [0.2, 0.25) is 0 Å². The van der Waals surface area contributed by atoms with Crippen LogP contribution in [0.25, 0.3) is 11.0 Å². The van der Waals surface area contributed by atoms with Gasteiger partial charge in [-0.2, -0.15) is 0 Å². The number of amides is 3. The van der Waals surface area contributed by atoms with Gasteiger partial charge in [-0.15, -0.1) is 0 Å². The molecule has 0 saturated heterocycles. The van der Waals surface area contributed by atoms with Crippen molar-refractivity contribution >= 4 is 28.9 Å². The summed E-state index contributed by atoms with van der Waals surface area (Å²) in [5, 5.41) is 5.56. The van der Waals surface area contributed by atoms with Gasteiger partial charge in [0.05, 0.1) is 12.7 Å². The maximum atomic E-state index is 12.2. The number of carbonyl (C=O) groups is 3. The summed E-state index contributed by atoms with van der Waals surface area (Å²) in [6.07, 6.45) is 0.367. The molecule has 3 rings (SSSR count). The zero-order valence-electron chi connectivity index (χ0n) is 16.2. The topological polar surface area (TPSA) is 97.6 Å². The molecule has 150 valence electrons. The van der Waals surface area contributed by atoms with Crippen molar-refractivity contribution in [3.63, 3.8) is 0 Å². The number of esters is 1. The van der Waals surface area contributed by atoms with Gasteiger partial charge >= 0.3 is 12.0 Å². The molecule has 3 aromatic rings. The molecule has 0 radical (unpaired) electrons. The predicted molar refractivity (Wildman–Crippen MR) is 107 cm³/mol. The van der Waals surface area contributed by atoms with Crippen LogP contribution in [0.15, 0.2) is 59.2 Å². The van der Waals surface area contributed by atoms with Crippen molar-refractivity contribution in [2.24, 2.45) is 0 Å². The fraction of sp³-hybridized carbons (Fsp3) is 0.227. The Morgan fingerprint density at radius 2 is 1.86 bits per heavy atom. The first-order valence-corrected chi connectivity index (χ1v) is 9.21. The number of carbonyl (C=O) groups excluding carboxylic acids is 3. The number of furan rings is 1. The van der Waals surface area contributed by atoms with E-state index in [9.17, 15) is 14.4 Å². The van der Waals surface area contributed by atoms with E-state index < -0.39 is 24.0 Å². The van der Waals surface area contributed by atoms with Gasteiger partial charge in [0.15, 0.2) is 6.10 Å². The lowest BCUT2D eigenvalue weighted by molar-refractivity contribution is -0.153. The van der Waals surface area contributed by atoms with Crippen molar-refractivity contribution < 1.29 is 23.5 Å². The first-order valence-electron chi connectivity index (χ1n) is 9.21. The van der Waals surface area contributed by atoms with Crippen molar-refractivity contribution in [3.8, 4) is 0 Å². The number of hydrogen-bond donors (Lipinski definition) is 2. The van der Waals surface area contributed by atoms with E-state index in [0.29, 0.717) is 11.1 Å². The van der Waals surface area contributed by atoms with Crippen LogP contribution in [0.3, 0.4) is 0 Å². The lowest BCUT2D eigenvalue weighted by Gasteiger charge is -2.13. The molecule has 0 spiro atoms. The Bertz CT molecular complexity index is 1030. The molecule has 0 aliphatic carbocycles. The number of nitrogens with one attached hydrogen (secondary N) is 2. The number of urea groups is 1. The van der Waals surface area contributed by atoms with Crippen LogP contribution in [0.4, 0.5) is 4.79 Å². The summed E-state index contributed by atoms with van der Waals surface area (Å²) in [5.41, 5.74) is 3.32. The van der Waals surface area contributed by atoms with E-state index in [-0.39, 0.29) is 13.0 Å². The molecule has 1 atom stereocenters. The molecule has 2 N–H and O–H groups in total. The third kappa shape index (κ3) is 5.44. The maximum absolute atomic E-state index is 12.2. The second kappa shape index (κ2) is 9.05. The van der Waals surface area contributed by atoms with Crippen molar-refractivity contribution in [2.45, 2.75) is 32.9 Å². The van der Waals surface area contributed by atoms with Gasteiger partial charge in [0, 0.05) is 17.5 Å². The standard InChI is InChI=1S/C22H22N2O5/c1-14-8-9-18-17(13-28-19(18)10-14)11-20(25)29-15(2)21(26)24-22(27)23-12-16-6-4-3-5-7-16/h3-10,13,15H,11-12H2,1-2H3,(H2,23,24,26,27)/t15-/m1/s1. The van der Waals surface area contributed by atoms with Gasteiger partial charge in [0.1, 0.15) is 5.58 Å². The maximum Gasteiger partial charge on any atom is 0.321 e. The van der Waals surface area contributed by atoms with E-state index in [4.69, 9.17) is 9.15 Å². The summed E-state index contributed by atoms with van der Waals surface area (Å²) in [7, 11) is 0. The van der Waals surface area contributed by atoms with E-state index in [1.54, 1.807) is 0 Å². The van der Waals surface area contributed by atoms with E-state index >= 15 is 0 Å². The van der Waals surface area contributed by atoms with Crippen LogP contribution < -0.4 is 10.6 Å². The molecular weight excluding hydrogens is 372 g/mol. The molecule has 29 heavy (non-hydrogen) atoms. The second-order valence-corrected chi connectivity index (χ2v) is 6.73. The minimum atomic E-state index is -1.11. The zero-order valence-corrected chi connectivity index (χ0v) is 16.2. The van der Waals surface area contributed by atoms with Crippen molar-refractivity contribution in [1.29, 1.82) is 0 Å². The largest absolute Gasteiger partial charge is 0.464 e. The Balaban J connectivity index is 1.48. The number of fused-ring (bicyclic) bond motifs is 1. The minimum absolute atomic E-state index is 0.0338. The molecule has 0 fully saturated rings. The van der Waals surface area contributed by atoms with Crippen molar-refractivity contribution in [3.05, 3.63) is 71.5 Å². The number of hydrogen-bond acceptors (Lipinski definition) is 5. The highest BCUT2D eigenvalue weighted by Gasteiger charge is 2.21. The Kier molecular flexibility index (Phi) is 6.29. The van der Waals surface area contributed by atoms with E-state index in [0.717, 1.165) is 16.5 Å². The molecule has 3 amide bonds. The summed E-state index contributed by atoms with van der Waals surface area (Å²) >= 11 is 0. The van der Waals surface area contributed by atoms with Crippen LogP contribution in [-0.4, -0.2) is 24.0 Å². The van der Waals surface area contributed by atoms with Gasteiger partial charge in [0.25, 0.3) is 5.91 Å².